The van der Waals surface area contributed by atoms with Crippen molar-refractivity contribution in [3.63, 3.8) is 0 Å². The summed E-state index contributed by atoms with van der Waals surface area (Å²) < 4.78 is 1.70. The monoisotopic (exact) mass is 212 g/mol. The van der Waals surface area contributed by atoms with Crippen LogP contribution >= 0.6 is 0 Å². The molecule has 0 aromatic carbocycles. The molecular formula is C10H20N4O. The zero-order chi connectivity index (χ0) is 11.1. The summed E-state index contributed by atoms with van der Waals surface area (Å²) in [6, 6.07) is 0. The zero-order valence-corrected chi connectivity index (χ0v) is 9.26. The predicted octanol–water partition coefficient (Wildman–Crippen LogP) is 0.330. The number of aliphatic hydroxyl groups is 1. The van der Waals surface area contributed by atoms with E-state index in [9.17, 15) is 5.11 Å². The molecular weight excluding hydrogens is 192 g/mol. The van der Waals surface area contributed by atoms with Crippen molar-refractivity contribution in [1.82, 2.24) is 15.0 Å². The molecule has 0 saturated carbocycles. The molecule has 0 bridgehead atoms. The first kappa shape index (κ1) is 12.1. The maximum absolute atomic E-state index is 9.43. The van der Waals surface area contributed by atoms with E-state index in [0.717, 1.165) is 37.9 Å². The third-order valence-corrected chi connectivity index (χ3v) is 2.34. The number of nitrogens with zero attached hydrogens (tertiary/aromatic N) is 3. The summed E-state index contributed by atoms with van der Waals surface area (Å²) in [5.41, 5.74) is 6.39. The largest absolute Gasteiger partial charge is 0.391 e. The Labute approximate surface area is 90.3 Å². The summed E-state index contributed by atoms with van der Waals surface area (Å²) in [5, 5.41) is 17.4. The van der Waals surface area contributed by atoms with Crippen LogP contribution < -0.4 is 5.73 Å². The van der Waals surface area contributed by atoms with Gasteiger partial charge in [0.15, 0.2) is 0 Å². The molecule has 1 rings (SSSR count). The lowest BCUT2D eigenvalue weighted by Crippen LogP contribution is -2.15. The van der Waals surface area contributed by atoms with Gasteiger partial charge in [0.2, 0.25) is 0 Å². The van der Waals surface area contributed by atoms with Gasteiger partial charge in [0.05, 0.1) is 18.3 Å². The summed E-state index contributed by atoms with van der Waals surface area (Å²) in [5.74, 6) is 0. The lowest BCUT2D eigenvalue weighted by Gasteiger charge is -2.05. The van der Waals surface area contributed by atoms with Crippen LogP contribution in [0.5, 0.6) is 0 Å². The van der Waals surface area contributed by atoms with Crippen LogP contribution in [0.25, 0.3) is 0 Å². The van der Waals surface area contributed by atoms with Crippen molar-refractivity contribution in [2.75, 3.05) is 6.54 Å². The average molecular weight is 212 g/mol. The van der Waals surface area contributed by atoms with Gasteiger partial charge in [0.25, 0.3) is 0 Å². The van der Waals surface area contributed by atoms with Gasteiger partial charge in [-0.05, 0) is 32.2 Å². The van der Waals surface area contributed by atoms with Crippen molar-refractivity contribution in [2.45, 2.75) is 45.3 Å². The molecule has 5 nitrogen and oxygen atoms in total. The molecule has 0 amide bonds. The van der Waals surface area contributed by atoms with E-state index in [1.807, 2.05) is 13.1 Å². The Kier molecular flexibility index (Phi) is 5.28. The fourth-order valence-corrected chi connectivity index (χ4v) is 1.34. The third-order valence-electron chi connectivity index (χ3n) is 2.34. The van der Waals surface area contributed by atoms with Gasteiger partial charge in [-0.25, -0.2) is 4.68 Å². The highest BCUT2D eigenvalue weighted by atomic mass is 16.3. The molecule has 1 unspecified atom stereocenters. The second-order valence-electron chi connectivity index (χ2n) is 3.74. The van der Waals surface area contributed by atoms with E-state index in [4.69, 9.17) is 5.73 Å². The molecule has 1 aromatic heterocycles. The van der Waals surface area contributed by atoms with Crippen LogP contribution in [0.1, 0.15) is 31.9 Å². The molecule has 1 aromatic rings. The normalized spacial score (nSPS) is 13.0. The van der Waals surface area contributed by atoms with E-state index in [1.54, 1.807) is 4.68 Å². The van der Waals surface area contributed by atoms with Crippen molar-refractivity contribution >= 4 is 0 Å². The molecule has 0 aliphatic heterocycles. The molecule has 5 heteroatoms. The molecule has 0 aliphatic rings. The van der Waals surface area contributed by atoms with E-state index >= 15 is 0 Å². The molecule has 0 spiro atoms. The summed E-state index contributed by atoms with van der Waals surface area (Å²) in [7, 11) is 0. The van der Waals surface area contributed by atoms with Gasteiger partial charge in [-0.15, -0.1) is 5.10 Å². The van der Waals surface area contributed by atoms with Crippen molar-refractivity contribution in [1.29, 1.82) is 0 Å². The molecule has 1 heterocycles. The topological polar surface area (TPSA) is 77.0 Å². The lowest BCUT2D eigenvalue weighted by atomic mass is 10.2. The molecule has 0 saturated heterocycles. The van der Waals surface area contributed by atoms with E-state index < -0.39 is 0 Å². The van der Waals surface area contributed by atoms with Gasteiger partial charge in [-0.3, -0.25) is 0 Å². The van der Waals surface area contributed by atoms with E-state index in [2.05, 4.69) is 10.3 Å². The van der Waals surface area contributed by atoms with Crippen LogP contribution in [0, 0.1) is 0 Å². The first-order valence-electron chi connectivity index (χ1n) is 5.53. The fraction of sp³-hybridized carbons (Fsp3) is 0.800. The number of aryl methyl sites for hydroxylation is 1. The summed E-state index contributed by atoms with van der Waals surface area (Å²) in [4.78, 5) is 0. The van der Waals surface area contributed by atoms with Crippen LogP contribution in [0.2, 0.25) is 0 Å². The number of unbranched alkanes of at least 4 members (excludes halogenated alkanes) is 1. The Balaban J connectivity index is 2.35. The van der Waals surface area contributed by atoms with Gasteiger partial charge in [0.1, 0.15) is 0 Å². The summed E-state index contributed by atoms with van der Waals surface area (Å²) in [6.07, 6.45) is 5.29. The maximum atomic E-state index is 9.43. The van der Waals surface area contributed by atoms with Gasteiger partial charge >= 0.3 is 0 Å². The standard InChI is InChI=1S/C10H20N4O/c1-2-10(15)8-14-7-9(12-13-14)5-3-4-6-11/h7,10,15H,2-6,8,11H2,1H3. The van der Waals surface area contributed by atoms with Gasteiger partial charge in [0, 0.05) is 6.20 Å². The van der Waals surface area contributed by atoms with Crippen LogP contribution in [0.15, 0.2) is 6.20 Å². The Hall–Kier alpha value is -0.940. The van der Waals surface area contributed by atoms with Crippen LogP contribution in [0.4, 0.5) is 0 Å². The number of hydrogen-bond donors (Lipinski definition) is 2. The smallest absolute Gasteiger partial charge is 0.0827 e. The minimum absolute atomic E-state index is 0.330. The molecule has 0 fully saturated rings. The SMILES string of the molecule is CCC(O)Cn1cc(CCCCN)nn1. The average Bonchev–Trinajstić information content (AvgIpc) is 2.66. The minimum Gasteiger partial charge on any atom is -0.391 e. The lowest BCUT2D eigenvalue weighted by molar-refractivity contribution is 0.144. The Morgan fingerprint density at radius 1 is 1.53 bits per heavy atom. The molecule has 1 atom stereocenters. The molecule has 0 radical (unpaired) electrons. The van der Waals surface area contributed by atoms with E-state index in [1.165, 1.54) is 0 Å². The van der Waals surface area contributed by atoms with Crippen molar-refractivity contribution in [2.24, 2.45) is 5.73 Å². The highest BCUT2D eigenvalue weighted by Gasteiger charge is 2.05. The maximum Gasteiger partial charge on any atom is 0.0827 e. The van der Waals surface area contributed by atoms with Gasteiger partial charge in [-0.2, -0.15) is 0 Å². The van der Waals surface area contributed by atoms with E-state index in [0.29, 0.717) is 6.54 Å². The quantitative estimate of drug-likeness (QED) is 0.639. The Morgan fingerprint density at radius 2 is 2.33 bits per heavy atom. The highest BCUT2D eigenvalue weighted by molar-refractivity contribution is 4.92. The zero-order valence-electron chi connectivity index (χ0n) is 9.26. The van der Waals surface area contributed by atoms with Crippen molar-refractivity contribution in [3.8, 4) is 0 Å². The van der Waals surface area contributed by atoms with Gasteiger partial charge < -0.3 is 10.8 Å². The fourth-order valence-electron chi connectivity index (χ4n) is 1.34. The second-order valence-corrected chi connectivity index (χ2v) is 3.74. The Morgan fingerprint density at radius 3 is 3.00 bits per heavy atom. The van der Waals surface area contributed by atoms with Gasteiger partial charge in [-0.1, -0.05) is 12.1 Å². The minimum atomic E-state index is -0.330. The van der Waals surface area contributed by atoms with Crippen LogP contribution in [-0.4, -0.2) is 32.7 Å². The second kappa shape index (κ2) is 6.53. The number of nitrogens with two attached hydrogens (primary N) is 1. The molecule has 3 N–H and O–H groups in total. The molecule has 86 valence electrons. The number of hydrogen-bond acceptors (Lipinski definition) is 4. The molecule has 15 heavy (non-hydrogen) atoms. The molecule has 0 aliphatic carbocycles. The van der Waals surface area contributed by atoms with E-state index in [-0.39, 0.29) is 6.10 Å². The highest BCUT2D eigenvalue weighted by Crippen LogP contribution is 2.01. The first-order valence-corrected chi connectivity index (χ1v) is 5.53. The summed E-state index contributed by atoms with van der Waals surface area (Å²) >= 11 is 0. The van der Waals surface area contributed by atoms with Crippen LogP contribution in [0.3, 0.4) is 0 Å². The van der Waals surface area contributed by atoms with Crippen molar-refractivity contribution < 1.29 is 5.11 Å². The number of aliphatic hydroxyl groups excluding tert-OH is 1. The van der Waals surface area contributed by atoms with Crippen LogP contribution in [-0.2, 0) is 13.0 Å². The number of aromatic nitrogens is 3. The predicted molar refractivity (Wildman–Crippen MR) is 58.3 cm³/mol. The number of rotatable bonds is 7. The Bertz CT molecular complexity index is 274. The van der Waals surface area contributed by atoms with Crippen molar-refractivity contribution in [3.05, 3.63) is 11.9 Å². The summed E-state index contributed by atoms with van der Waals surface area (Å²) in [6.45, 7) is 3.20. The third kappa shape index (κ3) is 4.40. The first-order chi connectivity index (χ1) is 7.26.